The van der Waals surface area contributed by atoms with Crippen molar-refractivity contribution >= 4 is 22.3 Å². The first-order chi connectivity index (χ1) is 7.33. The SMILES string of the molecule is CCNNc1c(N)cnc2ccccc12. The van der Waals surface area contributed by atoms with Crippen LogP contribution in [0.3, 0.4) is 0 Å². The summed E-state index contributed by atoms with van der Waals surface area (Å²) in [6.45, 7) is 2.85. The second-order valence-electron chi connectivity index (χ2n) is 3.26. The summed E-state index contributed by atoms with van der Waals surface area (Å²) in [4.78, 5) is 4.26. The fraction of sp³-hybridized carbons (Fsp3) is 0.182. The molecule has 4 nitrogen and oxygen atoms in total. The predicted octanol–water partition coefficient (Wildman–Crippen LogP) is 1.75. The topological polar surface area (TPSA) is 63.0 Å². The molecular weight excluding hydrogens is 188 g/mol. The molecule has 0 aliphatic rings. The lowest BCUT2D eigenvalue weighted by molar-refractivity contribution is 0.846. The van der Waals surface area contributed by atoms with Crippen LogP contribution in [0.1, 0.15) is 6.92 Å². The van der Waals surface area contributed by atoms with E-state index in [0.717, 1.165) is 23.1 Å². The van der Waals surface area contributed by atoms with E-state index in [9.17, 15) is 0 Å². The van der Waals surface area contributed by atoms with Gasteiger partial charge in [-0.15, -0.1) is 0 Å². The van der Waals surface area contributed by atoms with E-state index in [1.807, 2.05) is 31.2 Å². The van der Waals surface area contributed by atoms with Gasteiger partial charge in [-0.3, -0.25) is 4.98 Å². The summed E-state index contributed by atoms with van der Waals surface area (Å²) >= 11 is 0. The largest absolute Gasteiger partial charge is 0.396 e. The van der Waals surface area contributed by atoms with Gasteiger partial charge in [0.15, 0.2) is 0 Å². The molecule has 0 unspecified atom stereocenters. The van der Waals surface area contributed by atoms with Crippen molar-refractivity contribution in [2.75, 3.05) is 17.7 Å². The highest BCUT2D eigenvalue weighted by molar-refractivity contribution is 5.96. The summed E-state index contributed by atoms with van der Waals surface area (Å²) < 4.78 is 0. The van der Waals surface area contributed by atoms with Gasteiger partial charge in [0.05, 0.1) is 23.1 Å². The highest BCUT2D eigenvalue weighted by Crippen LogP contribution is 2.26. The summed E-state index contributed by atoms with van der Waals surface area (Å²) in [7, 11) is 0. The van der Waals surface area contributed by atoms with E-state index < -0.39 is 0 Å². The molecule has 1 aromatic heterocycles. The summed E-state index contributed by atoms with van der Waals surface area (Å²) in [5.41, 5.74) is 14.5. The third-order valence-electron chi connectivity index (χ3n) is 2.19. The van der Waals surface area contributed by atoms with E-state index in [0.29, 0.717) is 5.69 Å². The van der Waals surface area contributed by atoms with Crippen molar-refractivity contribution in [3.8, 4) is 0 Å². The van der Waals surface area contributed by atoms with Crippen LogP contribution in [0, 0.1) is 0 Å². The van der Waals surface area contributed by atoms with Gasteiger partial charge in [0, 0.05) is 11.9 Å². The summed E-state index contributed by atoms with van der Waals surface area (Å²) in [6, 6.07) is 7.90. The molecule has 1 heterocycles. The Morgan fingerprint density at radius 2 is 2.13 bits per heavy atom. The molecule has 0 aliphatic carbocycles. The molecule has 15 heavy (non-hydrogen) atoms. The molecule has 0 bridgehead atoms. The van der Waals surface area contributed by atoms with Crippen molar-refractivity contribution in [2.45, 2.75) is 6.92 Å². The highest BCUT2D eigenvalue weighted by atomic mass is 15.4. The number of benzene rings is 1. The summed E-state index contributed by atoms with van der Waals surface area (Å²) in [5, 5.41) is 1.03. The average molecular weight is 202 g/mol. The number of anilines is 2. The molecule has 2 rings (SSSR count). The molecule has 0 saturated heterocycles. The number of nitrogens with zero attached hydrogens (tertiary/aromatic N) is 1. The molecule has 0 radical (unpaired) electrons. The zero-order chi connectivity index (χ0) is 10.7. The van der Waals surface area contributed by atoms with Crippen molar-refractivity contribution in [3.63, 3.8) is 0 Å². The fourth-order valence-corrected chi connectivity index (χ4v) is 1.47. The number of hydrazine groups is 1. The predicted molar refractivity (Wildman–Crippen MR) is 63.5 cm³/mol. The lowest BCUT2D eigenvalue weighted by Gasteiger charge is -2.11. The number of para-hydroxylation sites is 1. The van der Waals surface area contributed by atoms with Gasteiger partial charge in [0.2, 0.25) is 0 Å². The van der Waals surface area contributed by atoms with Gasteiger partial charge in [0.25, 0.3) is 0 Å². The Morgan fingerprint density at radius 1 is 1.33 bits per heavy atom. The van der Waals surface area contributed by atoms with Crippen molar-refractivity contribution in [3.05, 3.63) is 30.5 Å². The number of nitrogens with one attached hydrogen (secondary N) is 2. The number of nitrogen functional groups attached to an aromatic ring is 1. The molecule has 4 heteroatoms. The molecular formula is C11H14N4. The third-order valence-corrected chi connectivity index (χ3v) is 2.19. The van der Waals surface area contributed by atoms with E-state index in [-0.39, 0.29) is 0 Å². The summed E-state index contributed by atoms with van der Waals surface area (Å²) in [5.74, 6) is 0. The second-order valence-corrected chi connectivity index (χ2v) is 3.26. The molecule has 2 aromatic rings. The minimum Gasteiger partial charge on any atom is -0.396 e. The minimum atomic E-state index is 0.648. The maximum atomic E-state index is 5.86. The average Bonchev–Trinajstić information content (AvgIpc) is 2.28. The highest BCUT2D eigenvalue weighted by Gasteiger charge is 2.04. The first-order valence-electron chi connectivity index (χ1n) is 4.95. The number of fused-ring (bicyclic) bond motifs is 1. The van der Waals surface area contributed by atoms with Gasteiger partial charge < -0.3 is 11.2 Å². The number of rotatable bonds is 3. The van der Waals surface area contributed by atoms with Crippen LogP contribution in [0.5, 0.6) is 0 Å². The van der Waals surface area contributed by atoms with Crippen LogP contribution in [0.25, 0.3) is 10.9 Å². The Hall–Kier alpha value is -1.81. The van der Waals surface area contributed by atoms with Crippen LogP contribution >= 0.6 is 0 Å². The lowest BCUT2D eigenvalue weighted by atomic mass is 10.2. The van der Waals surface area contributed by atoms with Crippen LogP contribution in [0.15, 0.2) is 30.5 Å². The Morgan fingerprint density at radius 3 is 2.93 bits per heavy atom. The minimum absolute atomic E-state index is 0.648. The maximum Gasteiger partial charge on any atom is 0.0829 e. The van der Waals surface area contributed by atoms with Gasteiger partial charge in [-0.1, -0.05) is 25.1 Å². The van der Waals surface area contributed by atoms with E-state index in [1.165, 1.54) is 0 Å². The molecule has 0 atom stereocenters. The van der Waals surface area contributed by atoms with E-state index >= 15 is 0 Å². The number of nitrogens with two attached hydrogens (primary N) is 1. The Balaban J connectivity index is 2.53. The van der Waals surface area contributed by atoms with Crippen LogP contribution in [0.2, 0.25) is 0 Å². The first-order valence-corrected chi connectivity index (χ1v) is 4.95. The van der Waals surface area contributed by atoms with Gasteiger partial charge in [0.1, 0.15) is 0 Å². The molecule has 4 N–H and O–H groups in total. The quantitative estimate of drug-likeness (QED) is 0.663. The van der Waals surface area contributed by atoms with Crippen LogP contribution in [0.4, 0.5) is 11.4 Å². The fourth-order valence-electron chi connectivity index (χ4n) is 1.47. The van der Waals surface area contributed by atoms with Crippen LogP contribution < -0.4 is 16.6 Å². The standard InChI is InChI=1S/C11H14N4/c1-2-14-15-11-8-5-3-4-6-10(8)13-7-9(11)12/h3-7,14H,2,12H2,1H3,(H,13,15). The van der Waals surface area contributed by atoms with E-state index in [4.69, 9.17) is 5.73 Å². The number of hydrogen-bond acceptors (Lipinski definition) is 4. The molecule has 1 aromatic carbocycles. The number of hydrogen-bond donors (Lipinski definition) is 3. The Labute approximate surface area is 88.5 Å². The zero-order valence-electron chi connectivity index (χ0n) is 8.62. The maximum absolute atomic E-state index is 5.86. The molecule has 0 spiro atoms. The third kappa shape index (κ3) is 1.85. The molecule has 0 saturated carbocycles. The Kier molecular flexibility index (Phi) is 2.69. The second kappa shape index (κ2) is 4.14. The molecule has 0 fully saturated rings. The lowest BCUT2D eigenvalue weighted by Crippen LogP contribution is -2.21. The summed E-state index contributed by atoms with van der Waals surface area (Å²) in [6.07, 6.45) is 1.67. The van der Waals surface area contributed by atoms with Crippen molar-refractivity contribution in [1.82, 2.24) is 10.4 Å². The van der Waals surface area contributed by atoms with Gasteiger partial charge >= 0.3 is 0 Å². The van der Waals surface area contributed by atoms with Crippen LogP contribution in [-0.4, -0.2) is 11.5 Å². The van der Waals surface area contributed by atoms with Crippen LogP contribution in [-0.2, 0) is 0 Å². The Bertz CT molecular complexity index is 467. The van der Waals surface area contributed by atoms with E-state index in [1.54, 1.807) is 6.20 Å². The van der Waals surface area contributed by atoms with Crippen molar-refractivity contribution in [1.29, 1.82) is 0 Å². The monoisotopic (exact) mass is 202 g/mol. The number of pyridine rings is 1. The van der Waals surface area contributed by atoms with Gasteiger partial charge in [-0.2, -0.15) is 0 Å². The molecule has 0 amide bonds. The first kappa shape index (κ1) is 9.73. The molecule has 0 aliphatic heterocycles. The normalized spacial score (nSPS) is 10.5. The molecule has 78 valence electrons. The van der Waals surface area contributed by atoms with Gasteiger partial charge in [-0.25, -0.2) is 5.43 Å². The number of aromatic nitrogens is 1. The smallest absolute Gasteiger partial charge is 0.0829 e. The zero-order valence-corrected chi connectivity index (χ0v) is 8.62. The van der Waals surface area contributed by atoms with E-state index in [2.05, 4.69) is 15.8 Å². The van der Waals surface area contributed by atoms with Crippen molar-refractivity contribution in [2.24, 2.45) is 0 Å². The van der Waals surface area contributed by atoms with Gasteiger partial charge in [-0.05, 0) is 6.07 Å². The van der Waals surface area contributed by atoms with Crippen molar-refractivity contribution < 1.29 is 0 Å².